The van der Waals surface area contributed by atoms with E-state index in [0.717, 1.165) is 0 Å². The Kier molecular flexibility index (Phi) is 4.89. The number of nitrogens with one attached hydrogen (secondary N) is 1. The zero-order chi connectivity index (χ0) is 12.1. The van der Waals surface area contributed by atoms with Gasteiger partial charge in [-0.2, -0.15) is 0 Å². The van der Waals surface area contributed by atoms with Crippen LogP contribution in [0.25, 0.3) is 0 Å². The molecule has 0 saturated carbocycles. The number of carbonyl (C=O) groups is 1. The average molecular weight is 290 g/mol. The summed E-state index contributed by atoms with van der Waals surface area (Å²) >= 11 is 3.02. The zero-order valence-electron chi connectivity index (χ0n) is 8.84. The Morgan fingerprint density at radius 1 is 1.62 bits per heavy atom. The predicted octanol–water partition coefficient (Wildman–Crippen LogP) is 2.09. The Labute approximate surface area is 102 Å². The highest BCUT2D eigenvalue weighted by molar-refractivity contribution is 9.10. The van der Waals surface area contributed by atoms with Crippen molar-refractivity contribution in [3.05, 3.63) is 34.1 Å². The molecule has 5 heteroatoms. The number of aliphatic hydroxyl groups is 1. The first kappa shape index (κ1) is 13.1. The first-order valence-electron chi connectivity index (χ1n) is 4.95. The van der Waals surface area contributed by atoms with Crippen LogP contribution >= 0.6 is 15.9 Å². The lowest BCUT2D eigenvalue weighted by Crippen LogP contribution is -2.37. The molecule has 1 aromatic carbocycles. The molecule has 0 aliphatic rings. The van der Waals surface area contributed by atoms with E-state index < -0.39 is 11.7 Å². The first-order chi connectivity index (χ1) is 7.60. The number of benzene rings is 1. The normalized spacial score (nSPS) is 12.2. The SMILES string of the molecule is CC[C@@H](CO)NC(=O)c1cccc(F)c1Br. The second-order valence-corrected chi connectivity index (χ2v) is 4.16. The van der Waals surface area contributed by atoms with Crippen molar-refractivity contribution in [3.63, 3.8) is 0 Å². The van der Waals surface area contributed by atoms with Crippen LogP contribution in [0.5, 0.6) is 0 Å². The molecule has 1 rings (SSSR count). The summed E-state index contributed by atoms with van der Waals surface area (Å²) in [6, 6.07) is 3.95. The van der Waals surface area contributed by atoms with Crippen LogP contribution in [0.3, 0.4) is 0 Å². The average Bonchev–Trinajstić information content (AvgIpc) is 2.29. The van der Waals surface area contributed by atoms with Crippen molar-refractivity contribution >= 4 is 21.8 Å². The standard InChI is InChI=1S/C11H13BrFNO2/c1-2-7(6-15)14-11(16)8-4-3-5-9(13)10(8)12/h3-5,7,15H,2,6H2,1H3,(H,14,16)/t7-/m0/s1. The van der Waals surface area contributed by atoms with Crippen molar-refractivity contribution in [1.82, 2.24) is 5.32 Å². The molecule has 0 aromatic heterocycles. The Morgan fingerprint density at radius 3 is 2.88 bits per heavy atom. The van der Waals surface area contributed by atoms with E-state index in [-0.39, 0.29) is 22.7 Å². The third-order valence-corrected chi connectivity index (χ3v) is 3.05. The van der Waals surface area contributed by atoms with E-state index in [1.54, 1.807) is 0 Å². The molecule has 0 heterocycles. The van der Waals surface area contributed by atoms with Crippen LogP contribution in [-0.2, 0) is 0 Å². The van der Waals surface area contributed by atoms with Crippen LogP contribution in [0.15, 0.2) is 22.7 Å². The molecule has 0 saturated heterocycles. The zero-order valence-corrected chi connectivity index (χ0v) is 10.4. The lowest BCUT2D eigenvalue weighted by molar-refractivity contribution is 0.0913. The highest BCUT2D eigenvalue weighted by Gasteiger charge is 2.15. The lowest BCUT2D eigenvalue weighted by atomic mass is 10.1. The molecule has 16 heavy (non-hydrogen) atoms. The fourth-order valence-electron chi connectivity index (χ4n) is 1.22. The van der Waals surface area contributed by atoms with Gasteiger partial charge < -0.3 is 10.4 Å². The van der Waals surface area contributed by atoms with Crippen molar-refractivity contribution < 1.29 is 14.3 Å². The van der Waals surface area contributed by atoms with Gasteiger partial charge in [-0.3, -0.25) is 4.79 Å². The minimum Gasteiger partial charge on any atom is -0.394 e. The van der Waals surface area contributed by atoms with Crippen molar-refractivity contribution in [1.29, 1.82) is 0 Å². The number of carbonyl (C=O) groups excluding carboxylic acids is 1. The van der Waals surface area contributed by atoms with Crippen LogP contribution in [-0.4, -0.2) is 23.7 Å². The number of amides is 1. The first-order valence-corrected chi connectivity index (χ1v) is 5.75. The van der Waals surface area contributed by atoms with E-state index in [2.05, 4.69) is 21.2 Å². The monoisotopic (exact) mass is 289 g/mol. The van der Waals surface area contributed by atoms with E-state index in [4.69, 9.17) is 5.11 Å². The Bertz CT molecular complexity index is 380. The van der Waals surface area contributed by atoms with Gasteiger partial charge in [-0.1, -0.05) is 13.0 Å². The lowest BCUT2D eigenvalue weighted by Gasteiger charge is -2.14. The van der Waals surface area contributed by atoms with Crippen LogP contribution in [0.4, 0.5) is 4.39 Å². The number of rotatable bonds is 4. The Morgan fingerprint density at radius 2 is 2.31 bits per heavy atom. The molecule has 0 aliphatic heterocycles. The molecule has 0 fully saturated rings. The molecule has 1 atom stereocenters. The molecule has 1 amide bonds. The van der Waals surface area contributed by atoms with E-state index >= 15 is 0 Å². The second-order valence-electron chi connectivity index (χ2n) is 3.36. The van der Waals surface area contributed by atoms with E-state index in [9.17, 15) is 9.18 Å². The molecule has 3 nitrogen and oxygen atoms in total. The third kappa shape index (κ3) is 3.02. The summed E-state index contributed by atoms with van der Waals surface area (Å²) in [5.74, 6) is -0.878. The number of hydrogen-bond donors (Lipinski definition) is 2. The fourth-order valence-corrected chi connectivity index (χ4v) is 1.66. The fraction of sp³-hybridized carbons (Fsp3) is 0.364. The Hall–Kier alpha value is -0.940. The molecule has 0 unspecified atom stereocenters. The maximum atomic E-state index is 13.2. The van der Waals surface area contributed by atoms with E-state index in [0.29, 0.717) is 6.42 Å². The van der Waals surface area contributed by atoms with Gasteiger partial charge in [-0.25, -0.2) is 4.39 Å². The summed E-state index contributed by atoms with van der Waals surface area (Å²) in [4.78, 5) is 11.7. The minimum absolute atomic E-state index is 0.130. The highest BCUT2D eigenvalue weighted by Crippen LogP contribution is 2.20. The summed E-state index contributed by atoms with van der Waals surface area (Å²) in [6.45, 7) is 1.72. The summed E-state index contributed by atoms with van der Waals surface area (Å²) in [5, 5.41) is 11.6. The maximum absolute atomic E-state index is 13.2. The van der Waals surface area contributed by atoms with Gasteiger partial charge in [0, 0.05) is 0 Å². The molecule has 0 spiro atoms. The largest absolute Gasteiger partial charge is 0.394 e. The summed E-state index contributed by atoms with van der Waals surface area (Å²) in [6.07, 6.45) is 0.620. The van der Waals surface area contributed by atoms with Crippen molar-refractivity contribution in [2.75, 3.05) is 6.61 Å². The molecular weight excluding hydrogens is 277 g/mol. The summed E-state index contributed by atoms with van der Waals surface area (Å²) in [7, 11) is 0. The summed E-state index contributed by atoms with van der Waals surface area (Å²) in [5.41, 5.74) is 0.229. The topological polar surface area (TPSA) is 49.3 Å². The van der Waals surface area contributed by atoms with Gasteiger partial charge in [0.05, 0.1) is 22.7 Å². The maximum Gasteiger partial charge on any atom is 0.252 e. The number of hydrogen-bond acceptors (Lipinski definition) is 2. The van der Waals surface area contributed by atoms with Crippen LogP contribution < -0.4 is 5.32 Å². The molecular formula is C11H13BrFNO2. The number of aliphatic hydroxyl groups excluding tert-OH is 1. The second kappa shape index (κ2) is 5.96. The van der Waals surface area contributed by atoms with E-state index in [1.165, 1.54) is 18.2 Å². The Balaban J connectivity index is 2.84. The van der Waals surface area contributed by atoms with E-state index in [1.807, 2.05) is 6.92 Å². The molecule has 0 aliphatic carbocycles. The minimum atomic E-state index is -0.482. The molecule has 0 radical (unpaired) electrons. The predicted molar refractivity (Wildman–Crippen MR) is 62.7 cm³/mol. The quantitative estimate of drug-likeness (QED) is 0.892. The molecule has 0 bridgehead atoms. The van der Waals surface area contributed by atoms with Crippen molar-refractivity contribution in [2.24, 2.45) is 0 Å². The van der Waals surface area contributed by atoms with Crippen LogP contribution in [0.2, 0.25) is 0 Å². The van der Waals surface area contributed by atoms with Gasteiger partial charge in [0.25, 0.3) is 5.91 Å². The molecule has 1 aromatic rings. The molecule has 88 valence electrons. The third-order valence-electron chi connectivity index (χ3n) is 2.24. The highest BCUT2D eigenvalue weighted by atomic mass is 79.9. The smallest absolute Gasteiger partial charge is 0.252 e. The van der Waals surface area contributed by atoms with Gasteiger partial charge in [0.1, 0.15) is 5.82 Å². The van der Waals surface area contributed by atoms with Gasteiger partial charge in [0.15, 0.2) is 0 Å². The number of halogens is 2. The van der Waals surface area contributed by atoms with Crippen LogP contribution in [0, 0.1) is 5.82 Å². The molecule has 2 N–H and O–H groups in total. The van der Waals surface area contributed by atoms with Crippen LogP contribution in [0.1, 0.15) is 23.7 Å². The van der Waals surface area contributed by atoms with Gasteiger partial charge in [-0.05, 0) is 34.5 Å². The van der Waals surface area contributed by atoms with Crippen molar-refractivity contribution in [3.8, 4) is 0 Å². The summed E-state index contributed by atoms with van der Waals surface area (Å²) < 4.78 is 13.3. The van der Waals surface area contributed by atoms with Gasteiger partial charge in [-0.15, -0.1) is 0 Å². The van der Waals surface area contributed by atoms with Gasteiger partial charge in [0.2, 0.25) is 0 Å². The van der Waals surface area contributed by atoms with Crippen molar-refractivity contribution in [2.45, 2.75) is 19.4 Å². The van der Waals surface area contributed by atoms with Gasteiger partial charge >= 0.3 is 0 Å².